The summed E-state index contributed by atoms with van der Waals surface area (Å²) in [6, 6.07) is 2.32. The third-order valence-electron chi connectivity index (χ3n) is 4.07. The van der Waals surface area contributed by atoms with Gasteiger partial charge in [-0.1, -0.05) is 0 Å². The lowest BCUT2D eigenvalue weighted by molar-refractivity contribution is 0.507. The molecule has 1 saturated heterocycles. The van der Waals surface area contributed by atoms with Crippen molar-refractivity contribution in [1.82, 2.24) is 24.7 Å². The predicted octanol–water partition coefficient (Wildman–Crippen LogP) is 2.10. The Morgan fingerprint density at radius 3 is 3.00 bits per heavy atom. The second kappa shape index (κ2) is 5.08. The predicted molar refractivity (Wildman–Crippen MR) is 81.7 cm³/mol. The Bertz CT molecular complexity index is 794. The van der Waals surface area contributed by atoms with Gasteiger partial charge in [0, 0.05) is 25.9 Å². The number of oxazole rings is 1. The van der Waals surface area contributed by atoms with Gasteiger partial charge in [0.15, 0.2) is 17.2 Å². The minimum atomic E-state index is 0.370. The first-order valence-corrected chi connectivity index (χ1v) is 7.56. The standard InChI is InChI=1S/C15H18N6O/c1-10-17-14(13-15(18-10)22-11(2)19-13)21-8-3-5-12(21)9-20-7-4-6-16-20/h4,6-7,12H,3,5,8-9H2,1-2H3/t12-/m0/s1. The first kappa shape index (κ1) is 13.2. The zero-order valence-electron chi connectivity index (χ0n) is 12.7. The molecular formula is C15H18N6O. The molecule has 114 valence electrons. The first-order chi connectivity index (χ1) is 10.7. The number of aromatic nitrogens is 5. The zero-order valence-corrected chi connectivity index (χ0v) is 12.7. The molecule has 0 N–H and O–H groups in total. The summed E-state index contributed by atoms with van der Waals surface area (Å²) < 4.78 is 7.56. The number of hydrogen-bond acceptors (Lipinski definition) is 6. The van der Waals surface area contributed by atoms with Gasteiger partial charge in [0.1, 0.15) is 5.82 Å². The molecular weight excluding hydrogens is 280 g/mol. The van der Waals surface area contributed by atoms with Gasteiger partial charge in [-0.05, 0) is 25.8 Å². The molecule has 4 heterocycles. The molecule has 3 aromatic rings. The summed E-state index contributed by atoms with van der Waals surface area (Å²) >= 11 is 0. The molecule has 3 aromatic heterocycles. The van der Waals surface area contributed by atoms with Crippen molar-refractivity contribution in [2.75, 3.05) is 11.4 Å². The summed E-state index contributed by atoms with van der Waals surface area (Å²) in [5.41, 5.74) is 1.33. The summed E-state index contributed by atoms with van der Waals surface area (Å²) in [5.74, 6) is 2.22. The highest BCUT2D eigenvalue weighted by Gasteiger charge is 2.29. The van der Waals surface area contributed by atoms with E-state index in [4.69, 9.17) is 4.42 Å². The summed E-state index contributed by atoms with van der Waals surface area (Å²) in [4.78, 5) is 15.8. The van der Waals surface area contributed by atoms with Crippen molar-refractivity contribution < 1.29 is 4.42 Å². The smallest absolute Gasteiger partial charge is 0.252 e. The average Bonchev–Trinajstić information content (AvgIpc) is 3.18. The Kier molecular flexibility index (Phi) is 3.06. The molecule has 7 nitrogen and oxygen atoms in total. The number of hydrogen-bond donors (Lipinski definition) is 0. The molecule has 0 unspecified atom stereocenters. The van der Waals surface area contributed by atoms with Crippen LogP contribution < -0.4 is 4.90 Å². The van der Waals surface area contributed by atoms with Gasteiger partial charge in [0.25, 0.3) is 5.71 Å². The molecule has 4 rings (SSSR count). The van der Waals surface area contributed by atoms with Crippen LogP contribution in [0, 0.1) is 13.8 Å². The molecule has 22 heavy (non-hydrogen) atoms. The van der Waals surface area contributed by atoms with Crippen LogP contribution in [0.15, 0.2) is 22.9 Å². The van der Waals surface area contributed by atoms with E-state index in [1.54, 1.807) is 0 Å². The SMILES string of the molecule is Cc1nc(N2CCC[C@H]2Cn2cccn2)c2nc(C)oc2n1. The van der Waals surface area contributed by atoms with E-state index >= 15 is 0 Å². The van der Waals surface area contributed by atoms with Crippen molar-refractivity contribution in [3.8, 4) is 0 Å². The molecule has 7 heteroatoms. The molecule has 0 amide bonds. The van der Waals surface area contributed by atoms with Crippen LogP contribution in [0.3, 0.4) is 0 Å². The van der Waals surface area contributed by atoms with Crippen LogP contribution in [0.2, 0.25) is 0 Å². The Balaban J connectivity index is 1.73. The molecule has 1 aliphatic rings. The van der Waals surface area contributed by atoms with Gasteiger partial charge in [-0.3, -0.25) is 4.68 Å². The highest BCUT2D eigenvalue weighted by molar-refractivity contribution is 5.82. The lowest BCUT2D eigenvalue weighted by atomic mass is 10.2. The number of aryl methyl sites for hydroxylation is 2. The number of nitrogens with zero attached hydrogens (tertiary/aromatic N) is 6. The van der Waals surface area contributed by atoms with Crippen molar-refractivity contribution in [1.29, 1.82) is 0 Å². The maximum Gasteiger partial charge on any atom is 0.252 e. The normalized spacial score (nSPS) is 18.5. The van der Waals surface area contributed by atoms with Crippen molar-refractivity contribution in [3.63, 3.8) is 0 Å². The van der Waals surface area contributed by atoms with Crippen LogP contribution >= 0.6 is 0 Å². The van der Waals surface area contributed by atoms with Crippen LogP contribution in [-0.2, 0) is 6.54 Å². The van der Waals surface area contributed by atoms with Gasteiger partial charge in [-0.15, -0.1) is 0 Å². The topological polar surface area (TPSA) is 72.9 Å². The van der Waals surface area contributed by atoms with Gasteiger partial charge in [0.2, 0.25) is 0 Å². The summed E-state index contributed by atoms with van der Waals surface area (Å²) in [5, 5.41) is 4.31. The third-order valence-corrected chi connectivity index (χ3v) is 4.07. The minimum absolute atomic E-state index is 0.370. The molecule has 0 radical (unpaired) electrons. The first-order valence-electron chi connectivity index (χ1n) is 7.56. The molecule has 1 fully saturated rings. The fourth-order valence-corrected chi connectivity index (χ4v) is 3.14. The van der Waals surface area contributed by atoms with E-state index in [0.29, 0.717) is 23.5 Å². The summed E-state index contributed by atoms with van der Waals surface area (Å²) in [7, 11) is 0. The van der Waals surface area contributed by atoms with E-state index in [1.165, 1.54) is 0 Å². The quantitative estimate of drug-likeness (QED) is 0.737. The van der Waals surface area contributed by atoms with Crippen LogP contribution in [0.1, 0.15) is 24.6 Å². The van der Waals surface area contributed by atoms with E-state index in [0.717, 1.165) is 37.3 Å². The summed E-state index contributed by atoms with van der Waals surface area (Å²) in [6.45, 7) is 5.56. The molecule has 1 atom stereocenters. The largest absolute Gasteiger partial charge is 0.422 e. The second-order valence-corrected chi connectivity index (χ2v) is 5.70. The fourth-order valence-electron chi connectivity index (χ4n) is 3.14. The fraction of sp³-hybridized carbons (Fsp3) is 0.467. The number of fused-ring (bicyclic) bond motifs is 1. The van der Waals surface area contributed by atoms with Gasteiger partial charge in [-0.25, -0.2) is 9.97 Å². The average molecular weight is 298 g/mol. The summed E-state index contributed by atoms with van der Waals surface area (Å²) in [6.07, 6.45) is 6.08. The molecule has 0 aromatic carbocycles. The molecule has 0 bridgehead atoms. The van der Waals surface area contributed by atoms with Crippen molar-refractivity contribution in [3.05, 3.63) is 30.2 Å². The maximum absolute atomic E-state index is 5.58. The van der Waals surface area contributed by atoms with Crippen molar-refractivity contribution in [2.45, 2.75) is 39.3 Å². The van der Waals surface area contributed by atoms with E-state index in [9.17, 15) is 0 Å². The van der Waals surface area contributed by atoms with E-state index < -0.39 is 0 Å². The van der Waals surface area contributed by atoms with Crippen molar-refractivity contribution >= 4 is 17.0 Å². The molecule has 1 aliphatic heterocycles. The Hall–Kier alpha value is -2.44. The maximum atomic E-state index is 5.58. The van der Waals surface area contributed by atoms with Gasteiger partial charge < -0.3 is 9.32 Å². The van der Waals surface area contributed by atoms with E-state index in [1.807, 2.05) is 37.0 Å². The van der Waals surface area contributed by atoms with E-state index in [2.05, 4.69) is 25.0 Å². The van der Waals surface area contributed by atoms with E-state index in [-0.39, 0.29) is 0 Å². The van der Waals surface area contributed by atoms with Crippen LogP contribution in [0.5, 0.6) is 0 Å². The molecule has 0 spiro atoms. The monoisotopic (exact) mass is 298 g/mol. The van der Waals surface area contributed by atoms with Crippen LogP contribution in [-0.4, -0.2) is 37.3 Å². The number of rotatable bonds is 3. The Morgan fingerprint density at radius 1 is 1.27 bits per heavy atom. The third kappa shape index (κ3) is 2.22. The highest BCUT2D eigenvalue weighted by atomic mass is 16.4. The van der Waals surface area contributed by atoms with Crippen LogP contribution in [0.25, 0.3) is 11.2 Å². The molecule has 0 saturated carbocycles. The van der Waals surface area contributed by atoms with Gasteiger partial charge in [-0.2, -0.15) is 10.1 Å². The molecule has 0 aliphatic carbocycles. The second-order valence-electron chi connectivity index (χ2n) is 5.70. The Labute approximate surface area is 128 Å². The van der Waals surface area contributed by atoms with Gasteiger partial charge >= 0.3 is 0 Å². The lowest BCUT2D eigenvalue weighted by Crippen LogP contribution is -2.34. The highest BCUT2D eigenvalue weighted by Crippen LogP contribution is 2.30. The van der Waals surface area contributed by atoms with Crippen LogP contribution in [0.4, 0.5) is 5.82 Å². The number of anilines is 1. The van der Waals surface area contributed by atoms with Crippen molar-refractivity contribution in [2.24, 2.45) is 0 Å². The lowest BCUT2D eigenvalue weighted by Gasteiger charge is -2.25. The van der Waals surface area contributed by atoms with Gasteiger partial charge in [0.05, 0.1) is 12.6 Å². The Morgan fingerprint density at radius 2 is 2.18 bits per heavy atom. The zero-order chi connectivity index (χ0) is 15.1. The minimum Gasteiger partial charge on any atom is -0.422 e.